The predicted molar refractivity (Wildman–Crippen MR) is 114 cm³/mol. The summed E-state index contributed by atoms with van der Waals surface area (Å²) in [6, 6.07) is 9.31. The topological polar surface area (TPSA) is 88.6 Å². The highest BCUT2D eigenvalue weighted by atomic mass is 35.5. The minimum atomic E-state index is -3.75. The number of rotatable bonds is 4. The van der Waals surface area contributed by atoms with Gasteiger partial charge in [0.1, 0.15) is 0 Å². The number of benzene rings is 2. The molecule has 11 heteroatoms. The van der Waals surface area contributed by atoms with Crippen molar-refractivity contribution in [1.82, 2.24) is 9.29 Å². The molecular formula is C18H15Cl2N3O4S2. The number of anilines is 1. The van der Waals surface area contributed by atoms with Crippen molar-refractivity contribution in [3.05, 3.63) is 52.0 Å². The van der Waals surface area contributed by atoms with Crippen molar-refractivity contribution in [2.24, 2.45) is 0 Å². The van der Waals surface area contributed by atoms with Crippen molar-refractivity contribution >= 4 is 65.8 Å². The molecule has 7 nitrogen and oxygen atoms in total. The smallest absolute Gasteiger partial charge is 0.259 e. The summed E-state index contributed by atoms with van der Waals surface area (Å²) in [5.41, 5.74) is 0.753. The Bertz CT molecular complexity index is 1190. The third-order valence-electron chi connectivity index (χ3n) is 4.36. The summed E-state index contributed by atoms with van der Waals surface area (Å²) in [5.74, 6) is -0.542. The predicted octanol–water partition coefficient (Wildman–Crippen LogP) is 3.88. The quantitative estimate of drug-likeness (QED) is 0.623. The number of sulfonamides is 1. The number of hydrogen-bond donors (Lipinski definition) is 1. The maximum absolute atomic E-state index is 12.9. The van der Waals surface area contributed by atoms with Gasteiger partial charge in [-0.1, -0.05) is 34.5 Å². The number of morpholine rings is 1. The Morgan fingerprint density at radius 1 is 1.14 bits per heavy atom. The van der Waals surface area contributed by atoms with E-state index in [0.717, 1.165) is 4.70 Å². The van der Waals surface area contributed by atoms with Crippen LogP contribution in [0.4, 0.5) is 5.13 Å². The van der Waals surface area contributed by atoms with Crippen LogP contribution in [0.15, 0.2) is 41.3 Å². The molecule has 0 aliphatic carbocycles. The summed E-state index contributed by atoms with van der Waals surface area (Å²) in [6.07, 6.45) is 0. The molecule has 1 N–H and O–H groups in total. The summed E-state index contributed by atoms with van der Waals surface area (Å²) < 4.78 is 33.1. The third kappa shape index (κ3) is 4.25. The van der Waals surface area contributed by atoms with Crippen LogP contribution in [0.3, 0.4) is 0 Å². The third-order valence-corrected chi connectivity index (χ3v) is 7.75. The van der Waals surface area contributed by atoms with Crippen LogP contribution in [0.2, 0.25) is 10.0 Å². The number of amides is 1. The van der Waals surface area contributed by atoms with E-state index in [0.29, 0.717) is 28.9 Å². The molecule has 1 amide bonds. The van der Waals surface area contributed by atoms with Crippen molar-refractivity contribution in [3.8, 4) is 0 Å². The highest BCUT2D eigenvalue weighted by Gasteiger charge is 2.27. The normalized spacial score (nSPS) is 15.5. The Morgan fingerprint density at radius 2 is 1.90 bits per heavy atom. The maximum atomic E-state index is 12.9. The maximum Gasteiger partial charge on any atom is 0.259 e. The summed E-state index contributed by atoms with van der Waals surface area (Å²) in [5, 5.41) is 3.76. The first-order chi connectivity index (χ1) is 13.8. The van der Waals surface area contributed by atoms with Gasteiger partial charge in [0, 0.05) is 18.1 Å². The molecule has 0 saturated carbocycles. The van der Waals surface area contributed by atoms with Gasteiger partial charge in [0.2, 0.25) is 10.0 Å². The number of carbonyl (C=O) groups excluding carboxylic acids is 1. The number of hydrogen-bond acceptors (Lipinski definition) is 6. The number of aromatic nitrogens is 1. The van der Waals surface area contributed by atoms with Crippen LogP contribution in [0, 0.1) is 0 Å². The highest BCUT2D eigenvalue weighted by Crippen LogP contribution is 2.30. The summed E-state index contributed by atoms with van der Waals surface area (Å²) in [7, 11) is -3.75. The average Bonchev–Trinajstić information content (AvgIpc) is 3.10. The first-order valence-corrected chi connectivity index (χ1v) is 11.6. The molecule has 1 saturated heterocycles. The van der Waals surface area contributed by atoms with Gasteiger partial charge in [-0.05, 0) is 36.4 Å². The Hall–Kier alpha value is -1.75. The molecule has 2 aromatic carbocycles. The number of thiazole rings is 1. The fourth-order valence-electron chi connectivity index (χ4n) is 2.89. The molecule has 0 spiro atoms. The summed E-state index contributed by atoms with van der Waals surface area (Å²) in [4.78, 5) is 17.1. The van der Waals surface area contributed by atoms with Crippen LogP contribution < -0.4 is 5.32 Å². The molecule has 0 atom stereocenters. The Kier molecular flexibility index (Phi) is 5.78. The zero-order valence-corrected chi connectivity index (χ0v) is 18.0. The van der Waals surface area contributed by atoms with Gasteiger partial charge in [0.25, 0.3) is 5.91 Å². The lowest BCUT2D eigenvalue weighted by Crippen LogP contribution is -2.40. The van der Waals surface area contributed by atoms with Crippen molar-refractivity contribution in [3.63, 3.8) is 0 Å². The number of fused-ring (bicyclic) bond motifs is 1. The lowest BCUT2D eigenvalue weighted by Gasteiger charge is -2.26. The number of ether oxygens (including phenoxy) is 1. The van der Waals surface area contributed by atoms with Gasteiger partial charge in [-0.15, -0.1) is 0 Å². The summed E-state index contributed by atoms with van der Waals surface area (Å²) in [6.45, 7) is 1.20. The van der Waals surface area contributed by atoms with Crippen molar-refractivity contribution in [1.29, 1.82) is 0 Å². The van der Waals surface area contributed by atoms with E-state index in [1.807, 2.05) is 0 Å². The molecule has 1 fully saturated rings. The molecule has 4 rings (SSSR count). The fourth-order valence-corrected chi connectivity index (χ4v) is 5.67. The number of nitrogens with one attached hydrogen (secondary N) is 1. The Labute approximate surface area is 181 Å². The first kappa shape index (κ1) is 20.5. The number of nitrogens with zero attached hydrogens (tertiary/aromatic N) is 2. The van der Waals surface area contributed by atoms with Gasteiger partial charge in [-0.25, -0.2) is 13.4 Å². The first-order valence-electron chi connectivity index (χ1n) is 8.59. The van der Waals surface area contributed by atoms with Crippen molar-refractivity contribution < 1.29 is 17.9 Å². The van der Waals surface area contributed by atoms with Crippen molar-refractivity contribution in [2.45, 2.75) is 4.90 Å². The molecule has 29 heavy (non-hydrogen) atoms. The molecule has 0 radical (unpaired) electrons. The van der Waals surface area contributed by atoms with Crippen LogP contribution in [0.5, 0.6) is 0 Å². The monoisotopic (exact) mass is 471 g/mol. The number of halogens is 2. The van der Waals surface area contributed by atoms with Crippen LogP contribution in [0.1, 0.15) is 10.4 Å². The summed E-state index contributed by atoms with van der Waals surface area (Å²) >= 11 is 13.4. The van der Waals surface area contributed by atoms with E-state index in [1.54, 1.807) is 18.2 Å². The van der Waals surface area contributed by atoms with Crippen molar-refractivity contribution in [2.75, 3.05) is 31.6 Å². The zero-order valence-electron chi connectivity index (χ0n) is 14.9. The van der Waals surface area contributed by atoms with Gasteiger partial charge >= 0.3 is 0 Å². The molecule has 1 aliphatic rings. The second kappa shape index (κ2) is 8.17. The molecule has 152 valence electrons. The van der Waals surface area contributed by atoms with E-state index in [1.165, 1.54) is 33.8 Å². The molecule has 0 unspecified atom stereocenters. The largest absolute Gasteiger partial charge is 0.379 e. The van der Waals surface area contributed by atoms with E-state index in [2.05, 4.69) is 10.3 Å². The highest BCUT2D eigenvalue weighted by molar-refractivity contribution is 7.89. The average molecular weight is 472 g/mol. The minimum absolute atomic E-state index is 0.00466. The lowest BCUT2D eigenvalue weighted by molar-refractivity contribution is 0.0730. The van der Waals surface area contributed by atoms with E-state index >= 15 is 0 Å². The van der Waals surface area contributed by atoms with Gasteiger partial charge in [0.05, 0.1) is 38.9 Å². The van der Waals surface area contributed by atoms with Crippen LogP contribution >= 0.6 is 34.5 Å². The van der Waals surface area contributed by atoms with Gasteiger partial charge in [0.15, 0.2) is 5.13 Å². The van der Waals surface area contributed by atoms with Crippen LogP contribution in [-0.4, -0.2) is 49.9 Å². The fraction of sp³-hybridized carbons (Fsp3) is 0.222. The molecule has 0 bridgehead atoms. The van der Waals surface area contributed by atoms with Crippen LogP contribution in [-0.2, 0) is 14.8 Å². The second-order valence-corrected chi connectivity index (χ2v) is 10.1. The second-order valence-electron chi connectivity index (χ2n) is 6.24. The van der Waals surface area contributed by atoms with Gasteiger partial charge in [-0.2, -0.15) is 4.31 Å². The molecule has 3 aromatic rings. The molecular weight excluding hydrogens is 457 g/mol. The standard InChI is InChI=1S/C18H15Cl2N3O4S2/c19-11-1-4-15-16(9-11)28-18(21-15)22-17(24)13-10-12(2-3-14(13)20)29(25,26)23-5-7-27-8-6-23/h1-4,9-10H,5-8H2,(H,21,22,24). The van der Waals surface area contributed by atoms with E-state index in [9.17, 15) is 13.2 Å². The Balaban J connectivity index is 1.61. The molecule has 1 aromatic heterocycles. The SMILES string of the molecule is O=C(Nc1nc2ccc(Cl)cc2s1)c1cc(S(=O)(=O)N2CCOCC2)ccc1Cl. The molecule has 2 heterocycles. The minimum Gasteiger partial charge on any atom is -0.379 e. The van der Waals surface area contributed by atoms with Gasteiger partial charge in [-0.3, -0.25) is 10.1 Å². The lowest BCUT2D eigenvalue weighted by atomic mass is 10.2. The van der Waals surface area contributed by atoms with Gasteiger partial charge < -0.3 is 4.74 Å². The van der Waals surface area contributed by atoms with E-state index < -0.39 is 15.9 Å². The Morgan fingerprint density at radius 3 is 2.66 bits per heavy atom. The van der Waals surface area contributed by atoms with Crippen LogP contribution in [0.25, 0.3) is 10.2 Å². The number of carbonyl (C=O) groups is 1. The van der Waals surface area contributed by atoms with E-state index in [-0.39, 0.29) is 28.6 Å². The van der Waals surface area contributed by atoms with E-state index in [4.69, 9.17) is 27.9 Å². The zero-order chi connectivity index (χ0) is 20.6. The molecule has 1 aliphatic heterocycles.